The van der Waals surface area contributed by atoms with Crippen molar-refractivity contribution in [2.75, 3.05) is 0 Å². The minimum Gasteiger partial charge on any atom is -0.481 e. The van der Waals surface area contributed by atoms with Crippen molar-refractivity contribution in [2.45, 2.75) is 51.7 Å². The number of rotatable bonds is 7. The molecule has 18 heavy (non-hydrogen) atoms. The molecule has 2 N–H and O–H groups in total. The summed E-state index contributed by atoms with van der Waals surface area (Å²) >= 11 is 0. The monoisotopic (exact) mass is 269 g/mol. The molecule has 2 unspecified atom stereocenters. The Hall–Kier alpha value is -1.27. The van der Waals surface area contributed by atoms with Crippen molar-refractivity contribution >= 4 is 11.9 Å². The van der Waals surface area contributed by atoms with Gasteiger partial charge in [-0.1, -0.05) is 13.3 Å². The van der Waals surface area contributed by atoms with Gasteiger partial charge in [-0.05, 0) is 19.8 Å². The summed E-state index contributed by atoms with van der Waals surface area (Å²) in [6.07, 6.45) is -4.54. The molecule has 1 amide bonds. The summed E-state index contributed by atoms with van der Waals surface area (Å²) in [5.74, 6) is -2.44. The Kier molecular flexibility index (Phi) is 6.72. The Morgan fingerprint density at radius 3 is 2.22 bits per heavy atom. The first-order valence-electron chi connectivity index (χ1n) is 5.70. The Morgan fingerprint density at radius 1 is 1.22 bits per heavy atom. The Balaban J connectivity index is 3.81. The van der Waals surface area contributed by atoms with E-state index < -0.39 is 30.4 Å². The summed E-state index contributed by atoms with van der Waals surface area (Å²) in [7, 11) is 0. The molecule has 0 rings (SSSR count). The molecule has 106 valence electrons. The fraction of sp³-hybridized carbons (Fsp3) is 0.818. The minimum absolute atomic E-state index is 0.388. The molecule has 2 atom stereocenters. The van der Waals surface area contributed by atoms with E-state index >= 15 is 0 Å². The van der Waals surface area contributed by atoms with Crippen LogP contribution in [-0.4, -0.2) is 29.2 Å². The Labute approximate surface area is 104 Å². The van der Waals surface area contributed by atoms with Gasteiger partial charge in [-0.2, -0.15) is 13.2 Å². The molecule has 0 fully saturated rings. The fourth-order valence-electron chi connectivity index (χ4n) is 1.43. The summed E-state index contributed by atoms with van der Waals surface area (Å²) in [6.45, 7) is 3.16. The molecular weight excluding hydrogens is 251 g/mol. The van der Waals surface area contributed by atoms with Crippen LogP contribution in [0.5, 0.6) is 0 Å². The zero-order chi connectivity index (χ0) is 14.3. The molecule has 0 aliphatic heterocycles. The molecule has 0 spiro atoms. The lowest BCUT2D eigenvalue weighted by atomic mass is 10.0. The molecule has 0 bridgehead atoms. The van der Waals surface area contributed by atoms with Gasteiger partial charge in [0.05, 0.1) is 5.92 Å². The first kappa shape index (κ1) is 16.7. The molecule has 0 aromatic carbocycles. The van der Waals surface area contributed by atoms with Crippen molar-refractivity contribution in [1.29, 1.82) is 0 Å². The van der Waals surface area contributed by atoms with Crippen molar-refractivity contribution < 1.29 is 27.9 Å². The van der Waals surface area contributed by atoms with E-state index in [-0.39, 0.29) is 6.04 Å². The van der Waals surface area contributed by atoms with Crippen molar-refractivity contribution in [1.82, 2.24) is 5.32 Å². The van der Waals surface area contributed by atoms with E-state index in [0.29, 0.717) is 19.3 Å². The van der Waals surface area contributed by atoms with Crippen molar-refractivity contribution in [3.8, 4) is 0 Å². The normalized spacial score (nSPS) is 14.9. The maximum absolute atomic E-state index is 11.9. The lowest BCUT2D eigenvalue weighted by Crippen LogP contribution is -2.35. The van der Waals surface area contributed by atoms with Crippen LogP contribution in [0.2, 0.25) is 0 Å². The standard InChI is InChI=1S/C11H18F3NO3/c1-7(10(17)18)4-3-5-8(2)15-9(16)6-11(12,13)14/h7-8H,3-6H2,1-2H3,(H,15,16)(H,17,18). The van der Waals surface area contributed by atoms with Crippen LogP contribution in [0.15, 0.2) is 0 Å². The van der Waals surface area contributed by atoms with Gasteiger partial charge in [0, 0.05) is 6.04 Å². The molecule has 0 aliphatic rings. The Morgan fingerprint density at radius 2 is 1.78 bits per heavy atom. The van der Waals surface area contributed by atoms with E-state index in [4.69, 9.17) is 5.11 Å². The summed E-state index contributed by atoms with van der Waals surface area (Å²) < 4.78 is 35.6. The third-order valence-electron chi connectivity index (χ3n) is 2.46. The number of nitrogens with one attached hydrogen (secondary N) is 1. The van der Waals surface area contributed by atoms with Crippen LogP contribution in [-0.2, 0) is 9.59 Å². The second kappa shape index (κ2) is 7.23. The zero-order valence-corrected chi connectivity index (χ0v) is 10.4. The van der Waals surface area contributed by atoms with Crippen LogP contribution < -0.4 is 5.32 Å². The molecule has 0 aromatic rings. The van der Waals surface area contributed by atoms with Gasteiger partial charge in [0.1, 0.15) is 6.42 Å². The van der Waals surface area contributed by atoms with Gasteiger partial charge in [0.2, 0.25) is 5.91 Å². The van der Waals surface area contributed by atoms with E-state index in [2.05, 4.69) is 5.32 Å². The third-order valence-corrected chi connectivity index (χ3v) is 2.46. The highest BCUT2D eigenvalue weighted by molar-refractivity contribution is 5.76. The molecule has 4 nitrogen and oxygen atoms in total. The third kappa shape index (κ3) is 8.83. The fourth-order valence-corrected chi connectivity index (χ4v) is 1.43. The highest BCUT2D eigenvalue weighted by atomic mass is 19.4. The number of amides is 1. The zero-order valence-electron chi connectivity index (χ0n) is 10.4. The van der Waals surface area contributed by atoms with Crippen molar-refractivity contribution in [3.05, 3.63) is 0 Å². The largest absolute Gasteiger partial charge is 0.481 e. The quantitative estimate of drug-likeness (QED) is 0.745. The number of carbonyl (C=O) groups excluding carboxylic acids is 1. The van der Waals surface area contributed by atoms with Crippen LogP contribution in [0.4, 0.5) is 13.2 Å². The van der Waals surface area contributed by atoms with E-state index in [1.807, 2.05) is 0 Å². The predicted molar refractivity (Wildman–Crippen MR) is 58.9 cm³/mol. The topological polar surface area (TPSA) is 66.4 Å². The van der Waals surface area contributed by atoms with Crippen molar-refractivity contribution in [2.24, 2.45) is 5.92 Å². The van der Waals surface area contributed by atoms with Crippen LogP contribution >= 0.6 is 0 Å². The van der Waals surface area contributed by atoms with Crippen LogP contribution in [0, 0.1) is 5.92 Å². The van der Waals surface area contributed by atoms with E-state index in [1.54, 1.807) is 13.8 Å². The number of hydrogen-bond donors (Lipinski definition) is 2. The average Bonchev–Trinajstić information content (AvgIpc) is 2.13. The molecular formula is C11H18F3NO3. The van der Waals surface area contributed by atoms with Crippen LogP contribution in [0.1, 0.15) is 39.5 Å². The molecule has 0 saturated heterocycles. The maximum Gasteiger partial charge on any atom is 0.397 e. The smallest absolute Gasteiger partial charge is 0.397 e. The van der Waals surface area contributed by atoms with Gasteiger partial charge in [-0.3, -0.25) is 9.59 Å². The van der Waals surface area contributed by atoms with Crippen LogP contribution in [0.25, 0.3) is 0 Å². The number of carboxylic acid groups (broad SMARTS) is 1. The number of hydrogen-bond acceptors (Lipinski definition) is 2. The summed E-state index contributed by atoms with van der Waals surface area (Å²) in [5.41, 5.74) is 0. The molecule has 0 aromatic heterocycles. The second-order valence-corrected chi connectivity index (χ2v) is 4.43. The summed E-state index contributed by atoms with van der Waals surface area (Å²) in [4.78, 5) is 21.5. The van der Waals surface area contributed by atoms with E-state index in [9.17, 15) is 22.8 Å². The van der Waals surface area contributed by atoms with Gasteiger partial charge < -0.3 is 10.4 Å². The van der Waals surface area contributed by atoms with Crippen LogP contribution in [0.3, 0.4) is 0 Å². The second-order valence-electron chi connectivity index (χ2n) is 4.43. The number of carboxylic acids is 1. The summed E-state index contributed by atoms with van der Waals surface area (Å²) in [6, 6.07) is -0.388. The lowest BCUT2D eigenvalue weighted by Gasteiger charge is -2.15. The van der Waals surface area contributed by atoms with Crippen molar-refractivity contribution in [3.63, 3.8) is 0 Å². The molecule has 0 radical (unpaired) electrons. The SMILES string of the molecule is CC(CCCC(C)C(=O)O)NC(=O)CC(F)(F)F. The number of halogens is 3. The summed E-state index contributed by atoms with van der Waals surface area (Å²) in [5, 5.41) is 10.9. The molecule has 0 heterocycles. The number of carbonyl (C=O) groups is 2. The molecule has 0 saturated carbocycles. The average molecular weight is 269 g/mol. The van der Waals surface area contributed by atoms with E-state index in [1.165, 1.54) is 0 Å². The predicted octanol–water partition coefficient (Wildman–Crippen LogP) is 2.33. The first-order chi connectivity index (χ1) is 8.11. The Bertz CT molecular complexity index is 292. The highest BCUT2D eigenvalue weighted by Gasteiger charge is 2.31. The number of alkyl halides is 3. The lowest BCUT2D eigenvalue weighted by molar-refractivity contribution is -0.154. The highest BCUT2D eigenvalue weighted by Crippen LogP contribution is 2.19. The van der Waals surface area contributed by atoms with Gasteiger partial charge in [-0.15, -0.1) is 0 Å². The van der Waals surface area contributed by atoms with Gasteiger partial charge in [0.15, 0.2) is 0 Å². The molecule has 7 heteroatoms. The van der Waals surface area contributed by atoms with Gasteiger partial charge >= 0.3 is 12.1 Å². The number of aliphatic carboxylic acids is 1. The minimum atomic E-state index is -4.50. The van der Waals surface area contributed by atoms with E-state index in [0.717, 1.165) is 0 Å². The van der Waals surface area contributed by atoms with Gasteiger partial charge in [-0.25, -0.2) is 0 Å². The molecule has 0 aliphatic carbocycles. The maximum atomic E-state index is 11.9. The van der Waals surface area contributed by atoms with Gasteiger partial charge in [0.25, 0.3) is 0 Å². The first-order valence-corrected chi connectivity index (χ1v) is 5.70.